The van der Waals surface area contributed by atoms with Crippen molar-refractivity contribution in [3.05, 3.63) is 35.4 Å². The summed E-state index contributed by atoms with van der Waals surface area (Å²) in [5.41, 5.74) is 1.79. The van der Waals surface area contributed by atoms with Crippen molar-refractivity contribution in [2.75, 3.05) is 0 Å². The van der Waals surface area contributed by atoms with Crippen LogP contribution in [0.5, 0.6) is 0 Å². The third kappa shape index (κ3) is 3.54. The van der Waals surface area contributed by atoms with Crippen molar-refractivity contribution in [3.8, 4) is 0 Å². The van der Waals surface area contributed by atoms with Crippen LogP contribution in [0.4, 0.5) is 0 Å². The lowest BCUT2D eigenvalue weighted by molar-refractivity contribution is 0.308. The summed E-state index contributed by atoms with van der Waals surface area (Å²) in [4.78, 5) is 0. The minimum Gasteiger partial charge on any atom is -0.253 e. The fraction of sp³-hybridized carbons (Fsp3) is 0.250. The van der Waals surface area contributed by atoms with Gasteiger partial charge in [-0.2, -0.15) is 8.42 Å². The summed E-state index contributed by atoms with van der Waals surface area (Å²) in [5, 5.41) is 4.68. The van der Waals surface area contributed by atoms with Crippen molar-refractivity contribution < 1.29 is 12.6 Å². The summed E-state index contributed by atoms with van der Waals surface area (Å²) < 4.78 is 25.4. The van der Waals surface area contributed by atoms with Crippen LogP contribution in [-0.2, 0) is 21.1 Å². The first-order valence-corrected chi connectivity index (χ1v) is 5.18. The second-order valence-corrected chi connectivity index (χ2v) is 3.90. The van der Waals surface area contributed by atoms with Gasteiger partial charge in [0.15, 0.2) is 0 Å². The monoisotopic (exact) mass is 201 g/mol. The van der Waals surface area contributed by atoms with Crippen LogP contribution in [0.15, 0.2) is 24.3 Å². The molecule has 0 aromatic heterocycles. The SMILES string of the molecule is Cc1ccccc1COS(N)(=O)=O. The Morgan fingerprint density at radius 1 is 1.38 bits per heavy atom. The summed E-state index contributed by atoms with van der Waals surface area (Å²) >= 11 is 0. The fourth-order valence-electron chi connectivity index (χ4n) is 0.918. The van der Waals surface area contributed by atoms with Crippen LogP contribution in [0.25, 0.3) is 0 Å². The van der Waals surface area contributed by atoms with E-state index in [4.69, 9.17) is 0 Å². The quantitative estimate of drug-likeness (QED) is 0.783. The Labute approximate surface area is 77.6 Å². The van der Waals surface area contributed by atoms with Crippen LogP contribution in [-0.4, -0.2) is 8.42 Å². The molecule has 0 saturated carbocycles. The van der Waals surface area contributed by atoms with Gasteiger partial charge in [0.25, 0.3) is 0 Å². The first-order chi connectivity index (χ1) is 5.99. The van der Waals surface area contributed by atoms with Crippen LogP contribution in [0.3, 0.4) is 0 Å². The topological polar surface area (TPSA) is 69.4 Å². The molecule has 1 rings (SSSR count). The van der Waals surface area contributed by atoms with E-state index < -0.39 is 10.3 Å². The molecule has 0 aliphatic rings. The van der Waals surface area contributed by atoms with Gasteiger partial charge < -0.3 is 0 Å². The molecule has 0 aliphatic carbocycles. The number of aryl methyl sites for hydroxylation is 1. The molecule has 0 heterocycles. The molecule has 4 nitrogen and oxygen atoms in total. The van der Waals surface area contributed by atoms with Gasteiger partial charge >= 0.3 is 10.3 Å². The van der Waals surface area contributed by atoms with E-state index >= 15 is 0 Å². The van der Waals surface area contributed by atoms with Crippen molar-refractivity contribution in [1.29, 1.82) is 0 Å². The molecule has 13 heavy (non-hydrogen) atoms. The molecule has 0 aliphatic heterocycles. The maximum absolute atomic E-state index is 10.5. The molecule has 0 atom stereocenters. The largest absolute Gasteiger partial charge is 0.333 e. The average molecular weight is 201 g/mol. The number of hydrogen-bond donors (Lipinski definition) is 1. The van der Waals surface area contributed by atoms with Crippen LogP contribution in [0, 0.1) is 6.92 Å². The lowest BCUT2D eigenvalue weighted by Gasteiger charge is -2.03. The molecule has 0 fully saturated rings. The Morgan fingerprint density at radius 2 is 2.00 bits per heavy atom. The Kier molecular flexibility index (Phi) is 3.02. The minimum absolute atomic E-state index is 0.00843. The van der Waals surface area contributed by atoms with E-state index in [1.54, 1.807) is 6.07 Å². The summed E-state index contributed by atoms with van der Waals surface area (Å²) in [6, 6.07) is 7.35. The van der Waals surface area contributed by atoms with E-state index in [0.717, 1.165) is 11.1 Å². The second-order valence-electron chi connectivity index (χ2n) is 2.68. The highest BCUT2D eigenvalue weighted by atomic mass is 32.2. The average Bonchev–Trinajstić information content (AvgIpc) is 2.01. The minimum atomic E-state index is -3.84. The molecule has 2 N–H and O–H groups in total. The van der Waals surface area contributed by atoms with E-state index in [1.807, 2.05) is 25.1 Å². The number of rotatable bonds is 3. The summed E-state index contributed by atoms with van der Waals surface area (Å²) in [5.74, 6) is 0. The predicted molar refractivity (Wildman–Crippen MR) is 49.1 cm³/mol. The van der Waals surface area contributed by atoms with Gasteiger partial charge in [0, 0.05) is 0 Å². The highest BCUT2D eigenvalue weighted by Crippen LogP contribution is 2.08. The molecule has 1 aromatic carbocycles. The third-order valence-corrected chi connectivity index (χ3v) is 2.09. The summed E-state index contributed by atoms with van der Waals surface area (Å²) in [6.07, 6.45) is 0. The van der Waals surface area contributed by atoms with Crippen LogP contribution in [0.1, 0.15) is 11.1 Å². The molecule has 0 bridgehead atoms. The molecule has 0 spiro atoms. The van der Waals surface area contributed by atoms with Gasteiger partial charge in [0.2, 0.25) is 0 Å². The van der Waals surface area contributed by atoms with Gasteiger partial charge in [0.05, 0.1) is 6.61 Å². The fourth-order valence-corrected chi connectivity index (χ4v) is 1.21. The van der Waals surface area contributed by atoms with Crippen molar-refractivity contribution in [3.63, 3.8) is 0 Å². The van der Waals surface area contributed by atoms with E-state index in [9.17, 15) is 8.42 Å². The maximum Gasteiger partial charge on any atom is 0.333 e. The number of benzene rings is 1. The third-order valence-electron chi connectivity index (χ3n) is 1.64. The van der Waals surface area contributed by atoms with E-state index in [0.29, 0.717) is 0 Å². The number of hydrogen-bond acceptors (Lipinski definition) is 3. The molecule has 0 amide bonds. The van der Waals surface area contributed by atoms with Crippen LogP contribution in [0.2, 0.25) is 0 Å². The van der Waals surface area contributed by atoms with E-state index in [2.05, 4.69) is 9.32 Å². The standard InChI is InChI=1S/C8H11NO3S/c1-7-4-2-3-5-8(7)6-12-13(9,10)11/h2-5H,6H2,1H3,(H2,9,10,11). The van der Waals surface area contributed by atoms with Crippen molar-refractivity contribution in [1.82, 2.24) is 0 Å². The summed E-state index contributed by atoms with van der Waals surface area (Å²) in [6.45, 7) is 1.87. The molecule has 72 valence electrons. The van der Waals surface area contributed by atoms with Crippen LogP contribution >= 0.6 is 0 Å². The van der Waals surface area contributed by atoms with Gasteiger partial charge in [0.1, 0.15) is 0 Å². The Bertz CT molecular complexity index is 386. The zero-order valence-corrected chi connectivity index (χ0v) is 8.04. The van der Waals surface area contributed by atoms with Gasteiger partial charge in [-0.1, -0.05) is 24.3 Å². The molecule has 1 aromatic rings. The molecule has 0 saturated heterocycles. The van der Waals surface area contributed by atoms with E-state index in [-0.39, 0.29) is 6.61 Å². The van der Waals surface area contributed by atoms with Gasteiger partial charge in [-0.25, -0.2) is 5.14 Å². The highest BCUT2D eigenvalue weighted by Gasteiger charge is 2.03. The Hall–Kier alpha value is -0.910. The van der Waals surface area contributed by atoms with E-state index in [1.165, 1.54) is 0 Å². The first-order valence-electron chi connectivity index (χ1n) is 3.71. The smallest absolute Gasteiger partial charge is 0.253 e. The first kappa shape index (κ1) is 10.2. The van der Waals surface area contributed by atoms with Gasteiger partial charge in [-0.15, -0.1) is 0 Å². The lowest BCUT2D eigenvalue weighted by Crippen LogP contribution is -2.15. The Balaban J connectivity index is 2.71. The molecule has 0 radical (unpaired) electrons. The normalized spacial score (nSPS) is 11.5. The van der Waals surface area contributed by atoms with Crippen molar-refractivity contribution >= 4 is 10.3 Å². The van der Waals surface area contributed by atoms with Gasteiger partial charge in [-0.3, -0.25) is 4.18 Å². The second kappa shape index (κ2) is 3.87. The molecular formula is C8H11NO3S. The van der Waals surface area contributed by atoms with Crippen molar-refractivity contribution in [2.24, 2.45) is 5.14 Å². The highest BCUT2D eigenvalue weighted by molar-refractivity contribution is 7.84. The predicted octanol–water partition coefficient (Wildman–Crippen LogP) is 0.715. The molecular weight excluding hydrogens is 190 g/mol. The zero-order chi connectivity index (χ0) is 9.90. The lowest BCUT2D eigenvalue weighted by atomic mass is 10.1. The van der Waals surface area contributed by atoms with Crippen molar-refractivity contribution in [2.45, 2.75) is 13.5 Å². The summed E-state index contributed by atoms with van der Waals surface area (Å²) in [7, 11) is -3.84. The molecule has 0 unspecified atom stereocenters. The van der Waals surface area contributed by atoms with Crippen LogP contribution < -0.4 is 5.14 Å². The zero-order valence-electron chi connectivity index (χ0n) is 7.23. The molecule has 5 heteroatoms. The van der Waals surface area contributed by atoms with Gasteiger partial charge in [-0.05, 0) is 18.1 Å². The Morgan fingerprint density at radius 3 is 2.54 bits per heavy atom. The maximum atomic E-state index is 10.5. The number of nitrogens with two attached hydrogens (primary N) is 1.